The fourth-order valence-corrected chi connectivity index (χ4v) is 5.95. The van der Waals surface area contributed by atoms with Gasteiger partial charge in [0, 0.05) is 72.5 Å². The molecule has 2 saturated heterocycles. The van der Waals surface area contributed by atoms with Gasteiger partial charge in [0.05, 0.1) is 0 Å². The zero-order valence-electron chi connectivity index (χ0n) is 21.8. The Morgan fingerprint density at radius 1 is 1.06 bits per heavy atom. The number of piperazine rings is 1. The highest BCUT2D eigenvalue weighted by Crippen LogP contribution is 2.43. The van der Waals surface area contributed by atoms with Crippen LogP contribution in [0.3, 0.4) is 0 Å². The minimum Gasteiger partial charge on any atom is -0.382 e. The highest BCUT2D eigenvalue weighted by Gasteiger charge is 2.39. The molecule has 0 radical (unpaired) electrons. The Balaban J connectivity index is 1.75. The van der Waals surface area contributed by atoms with Gasteiger partial charge >= 0.3 is 0 Å². The number of nitrogens with one attached hydrogen (secondary N) is 4. The van der Waals surface area contributed by atoms with Gasteiger partial charge in [-0.2, -0.15) is 0 Å². The van der Waals surface area contributed by atoms with Crippen LogP contribution in [0.15, 0.2) is 30.5 Å². The Labute approximate surface area is 205 Å². The fraction of sp³-hybridized carbons (Fsp3) is 0.571. The molecule has 184 valence electrons. The number of piperidine rings is 1. The van der Waals surface area contributed by atoms with E-state index in [1.54, 1.807) is 0 Å². The maximum atomic E-state index is 8.30. The van der Waals surface area contributed by atoms with Gasteiger partial charge in [0.25, 0.3) is 0 Å². The standard InChI is InChI=1S/C28H42N6/c1-19(2)32-25-14-21(20-7-8-26(31-18-20)34-11-9-30-10-12-34)13-23(24(25)17-29)22-15-27(3,4)33-28(5,6)16-22/h7-8,13-14,17-19,22,29-30,32-33H,9-12,15-16H2,1-6H3. The fourth-order valence-electron chi connectivity index (χ4n) is 5.95. The smallest absolute Gasteiger partial charge is 0.128 e. The van der Waals surface area contributed by atoms with E-state index in [0.29, 0.717) is 5.92 Å². The number of nitrogens with zero attached hydrogens (tertiary/aromatic N) is 2. The van der Waals surface area contributed by atoms with Crippen molar-refractivity contribution >= 4 is 17.7 Å². The number of aromatic nitrogens is 1. The molecule has 1 aromatic carbocycles. The Morgan fingerprint density at radius 3 is 2.29 bits per heavy atom. The van der Waals surface area contributed by atoms with Gasteiger partial charge < -0.3 is 26.3 Å². The second-order valence-corrected chi connectivity index (χ2v) is 11.6. The van der Waals surface area contributed by atoms with Gasteiger partial charge in [-0.1, -0.05) is 6.07 Å². The van der Waals surface area contributed by atoms with Gasteiger partial charge in [-0.15, -0.1) is 0 Å². The summed E-state index contributed by atoms with van der Waals surface area (Å²) >= 11 is 0. The molecule has 0 atom stereocenters. The molecule has 34 heavy (non-hydrogen) atoms. The topological polar surface area (TPSA) is 76.1 Å². The predicted molar refractivity (Wildman–Crippen MR) is 145 cm³/mol. The Bertz CT molecular complexity index is 986. The van der Waals surface area contributed by atoms with Crippen LogP contribution in [-0.4, -0.2) is 54.5 Å². The number of benzene rings is 1. The van der Waals surface area contributed by atoms with Crippen molar-refractivity contribution in [3.63, 3.8) is 0 Å². The highest BCUT2D eigenvalue weighted by atomic mass is 15.2. The third-order valence-electron chi connectivity index (χ3n) is 6.95. The van der Waals surface area contributed by atoms with E-state index in [1.807, 2.05) is 6.20 Å². The molecule has 0 saturated carbocycles. The van der Waals surface area contributed by atoms with Gasteiger partial charge in [0.2, 0.25) is 0 Å². The Hall–Kier alpha value is -2.44. The lowest BCUT2D eigenvalue weighted by atomic mass is 9.72. The van der Waals surface area contributed by atoms with E-state index < -0.39 is 0 Å². The Morgan fingerprint density at radius 2 is 1.74 bits per heavy atom. The van der Waals surface area contributed by atoms with Gasteiger partial charge in [-0.3, -0.25) is 0 Å². The third kappa shape index (κ3) is 5.61. The summed E-state index contributed by atoms with van der Waals surface area (Å²) in [4.78, 5) is 7.17. The molecule has 6 heteroatoms. The van der Waals surface area contributed by atoms with Gasteiger partial charge in [0.1, 0.15) is 5.82 Å². The lowest BCUT2D eigenvalue weighted by Crippen LogP contribution is -2.57. The monoisotopic (exact) mass is 462 g/mol. The predicted octanol–water partition coefficient (Wildman–Crippen LogP) is 5.00. The van der Waals surface area contributed by atoms with Gasteiger partial charge in [-0.05, 0) is 89.6 Å². The van der Waals surface area contributed by atoms with E-state index in [2.05, 4.69) is 86.7 Å². The summed E-state index contributed by atoms with van der Waals surface area (Å²) in [6.45, 7) is 17.5. The summed E-state index contributed by atoms with van der Waals surface area (Å²) < 4.78 is 0. The van der Waals surface area contributed by atoms with Crippen LogP contribution in [0, 0.1) is 5.41 Å². The van der Waals surface area contributed by atoms with Crippen molar-refractivity contribution in [1.82, 2.24) is 15.6 Å². The highest BCUT2D eigenvalue weighted by molar-refractivity contribution is 5.91. The molecule has 2 aliphatic rings. The van der Waals surface area contributed by atoms with Crippen LogP contribution >= 0.6 is 0 Å². The second-order valence-electron chi connectivity index (χ2n) is 11.6. The van der Waals surface area contributed by atoms with Crippen LogP contribution < -0.4 is 20.9 Å². The van der Waals surface area contributed by atoms with Crippen LogP contribution in [0.1, 0.15) is 71.4 Å². The van der Waals surface area contributed by atoms with E-state index in [4.69, 9.17) is 10.4 Å². The largest absolute Gasteiger partial charge is 0.382 e. The van der Waals surface area contributed by atoms with Crippen molar-refractivity contribution in [3.05, 3.63) is 41.6 Å². The molecule has 0 amide bonds. The first-order chi connectivity index (χ1) is 16.1. The average Bonchev–Trinajstić information content (AvgIpc) is 2.77. The molecule has 6 nitrogen and oxygen atoms in total. The number of pyridine rings is 1. The molecule has 0 unspecified atom stereocenters. The second kappa shape index (κ2) is 9.67. The molecule has 1 aromatic heterocycles. The molecule has 4 N–H and O–H groups in total. The molecule has 4 rings (SSSR count). The quantitative estimate of drug-likeness (QED) is 0.455. The van der Waals surface area contributed by atoms with Crippen molar-refractivity contribution < 1.29 is 0 Å². The van der Waals surface area contributed by atoms with Crippen molar-refractivity contribution in [2.75, 3.05) is 36.4 Å². The van der Waals surface area contributed by atoms with Crippen LogP contribution in [0.4, 0.5) is 11.5 Å². The summed E-state index contributed by atoms with van der Waals surface area (Å²) in [5.74, 6) is 1.42. The average molecular weight is 463 g/mol. The normalized spacial score (nSPS) is 20.4. The van der Waals surface area contributed by atoms with Crippen molar-refractivity contribution in [2.24, 2.45) is 0 Å². The first kappa shape index (κ1) is 24.7. The van der Waals surface area contributed by atoms with Crippen molar-refractivity contribution in [3.8, 4) is 11.1 Å². The summed E-state index contributed by atoms with van der Waals surface area (Å²) in [6.07, 6.45) is 5.64. The minimum atomic E-state index is 0.0415. The molecule has 2 aromatic rings. The van der Waals surface area contributed by atoms with Crippen molar-refractivity contribution in [1.29, 1.82) is 5.41 Å². The van der Waals surface area contributed by atoms with E-state index in [0.717, 1.165) is 67.2 Å². The molecule has 0 bridgehead atoms. The molecular weight excluding hydrogens is 420 g/mol. The molecule has 0 aliphatic carbocycles. The summed E-state index contributed by atoms with van der Waals surface area (Å²) in [5.41, 5.74) is 5.69. The maximum absolute atomic E-state index is 8.30. The SMILES string of the molecule is CC(C)Nc1cc(-c2ccc(N3CCNCC3)nc2)cc(C2CC(C)(C)NC(C)(C)C2)c1C=N. The number of anilines is 2. The van der Waals surface area contributed by atoms with Crippen LogP contribution in [0.2, 0.25) is 0 Å². The summed E-state index contributed by atoms with van der Waals surface area (Å²) in [6, 6.07) is 9.15. The Kier molecular flexibility index (Phi) is 7.02. The molecule has 3 heterocycles. The molecule has 2 aliphatic heterocycles. The molecule has 2 fully saturated rings. The third-order valence-corrected chi connectivity index (χ3v) is 6.95. The first-order valence-corrected chi connectivity index (χ1v) is 12.7. The van der Waals surface area contributed by atoms with Gasteiger partial charge in [-0.25, -0.2) is 4.98 Å². The van der Waals surface area contributed by atoms with Crippen molar-refractivity contribution in [2.45, 2.75) is 77.4 Å². The molecule has 0 spiro atoms. The summed E-state index contributed by atoms with van der Waals surface area (Å²) in [7, 11) is 0. The molecular formula is C28H42N6. The van der Waals surface area contributed by atoms with Crippen LogP contribution in [0.5, 0.6) is 0 Å². The number of hydrogen-bond acceptors (Lipinski definition) is 6. The first-order valence-electron chi connectivity index (χ1n) is 12.7. The van der Waals surface area contributed by atoms with E-state index in [1.165, 1.54) is 11.8 Å². The minimum absolute atomic E-state index is 0.0415. The lowest BCUT2D eigenvalue weighted by Gasteiger charge is -2.47. The van der Waals surface area contributed by atoms with E-state index >= 15 is 0 Å². The van der Waals surface area contributed by atoms with E-state index in [9.17, 15) is 0 Å². The van der Waals surface area contributed by atoms with Crippen LogP contribution in [0.25, 0.3) is 11.1 Å². The summed E-state index contributed by atoms with van der Waals surface area (Å²) in [5, 5.41) is 19.1. The zero-order valence-corrected chi connectivity index (χ0v) is 21.8. The van der Waals surface area contributed by atoms with Crippen LogP contribution in [-0.2, 0) is 0 Å². The number of rotatable bonds is 6. The zero-order chi connectivity index (χ0) is 24.5. The number of hydrogen-bond donors (Lipinski definition) is 4. The van der Waals surface area contributed by atoms with Gasteiger partial charge in [0.15, 0.2) is 0 Å². The lowest BCUT2D eigenvalue weighted by molar-refractivity contribution is 0.162. The maximum Gasteiger partial charge on any atom is 0.128 e. The van der Waals surface area contributed by atoms with E-state index in [-0.39, 0.29) is 17.1 Å².